The lowest BCUT2D eigenvalue weighted by Gasteiger charge is -2.13. The second-order valence-electron chi connectivity index (χ2n) is 3.92. The fraction of sp³-hybridized carbons (Fsp3) is 0.667. The molecular weight excluding hydrogens is 236 g/mol. The van der Waals surface area contributed by atoms with Crippen molar-refractivity contribution in [2.24, 2.45) is 0 Å². The van der Waals surface area contributed by atoms with E-state index >= 15 is 0 Å². The maximum absolute atomic E-state index is 11.3. The molecule has 1 atom stereocenters. The van der Waals surface area contributed by atoms with Crippen LogP contribution in [0.1, 0.15) is 26.2 Å². The number of carboxylic acid groups (broad SMARTS) is 1. The number of carboxylic acids is 1. The number of hydrogen-bond acceptors (Lipinski definition) is 3. The zero-order valence-electron chi connectivity index (χ0n) is 10.8. The summed E-state index contributed by atoms with van der Waals surface area (Å²) in [5, 5.41) is 13.8. The summed E-state index contributed by atoms with van der Waals surface area (Å²) in [6.45, 7) is 6.81. The highest BCUT2D eigenvalue weighted by molar-refractivity contribution is 5.74. The first-order chi connectivity index (χ1) is 8.56. The van der Waals surface area contributed by atoms with Gasteiger partial charge in [0.25, 0.3) is 0 Å². The molecule has 0 aromatic carbocycles. The molecule has 0 aliphatic heterocycles. The average Bonchev–Trinajstić information content (AvgIpc) is 2.31. The third kappa shape index (κ3) is 10.9. The van der Waals surface area contributed by atoms with Gasteiger partial charge in [-0.2, -0.15) is 0 Å². The molecule has 0 saturated carbocycles. The minimum atomic E-state index is -0.861. The molecule has 104 valence electrons. The average molecular weight is 258 g/mol. The van der Waals surface area contributed by atoms with Gasteiger partial charge in [-0.1, -0.05) is 6.08 Å². The Morgan fingerprint density at radius 3 is 2.78 bits per heavy atom. The molecule has 0 bridgehead atoms. The summed E-state index contributed by atoms with van der Waals surface area (Å²) >= 11 is 0. The molecule has 2 amide bonds. The Hall–Kier alpha value is -1.56. The monoisotopic (exact) mass is 258 g/mol. The Bertz CT molecular complexity index is 269. The number of rotatable bonds is 10. The summed E-state index contributed by atoms with van der Waals surface area (Å²) in [5.41, 5.74) is 0. The fourth-order valence-electron chi connectivity index (χ4n) is 1.19. The summed E-state index contributed by atoms with van der Waals surface area (Å²) in [6.07, 6.45) is 3.02. The van der Waals surface area contributed by atoms with Crippen LogP contribution in [0.25, 0.3) is 0 Å². The summed E-state index contributed by atoms with van der Waals surface area (Å²) in [4.78, 5) is 21.7. The Morgan fingerprint density at radius 2 is 2.17 bits per heavy atom. The minimum absolute atomic E-state index is 0.0477. The van der Waals surface area contributed by atoms with Gasteiger partial charge in [0, 0.05) is 19.0 Å². The van der Waals surface area contributed by atoms with E-state index in [1.165, 1.54) is 0 Å². The van der Waals surface area contributed by atoms with Gasteiger partial charge >= 0.3 is 12.0 Å². The standard InChI is InChI=1S/C12H22N2O4/c1-3-4-8-18-9-7-13-12(17)14-10(2)5-6-11(15)16/h3,10H,1,4-9H2,2H3,(H,15,16)(H2,13,14,17). The SMILES string of the molecule is C=CCCOCCNC(=O)NC(C)CCC(=O)O. The Kier molecular flexibility index (Phi) is 9.67. The van der Waals surface area contributed by atoms with Gasteiger partial charge in [-0.25, -0.2) is 4.79 Å². The van der Waals surface area contributed by atoms with Gasteiger partial charge in [0.2, 0.25) is 0 Å². The highest BCUT2D eigenvalue weighted by Gasteiger charge is 2.08. The number of carbonyl (C=O) groups is 2. The van der Waals surface area contributed by atoms with Crippen LogP contribution in [0.15, 0.2) is 12.7 Å². The molecule has 18 heavy (non-hydrogen) atoms. The number of ether oxygens (including phenoxy) is 1. The first-order valence-electron chi connectivity index (χ1n) is 6.01. The van der Waals surface area contributed by atoms with Crippen molar-refractivity contribution in [2.45, 2.75) is 32.2 Å². The van der Waals surface area contributed by atoms with E-state index in [2.05, 4.69) is 17.2 Å². The largest absolute Gasteiger partial charge is 0.481 e. The summed E-state index contributed by atoms with van der Waals surface area (Å²) < 4.78 is 5.22. The summed E-state index contributed by atoms with van der Waals surface area (Å²) in [7, 11) is 0. The first-order valence-corrected chi connectivity index (χ1v) is 6.01. The molecule has 0 aromatic rings. The van der Waals surface area contributed by atoms with Crippen LogP contribution in [0, 0.1) is 0 Å². The van der Waals surface area contributed by atoms with Crippen molar-refractivity contribution >= 4 is 12.0 Å². The molecular formula is C12H22N2O4. The zero-order chi connectivity index (χ0) is 13.8. The molecule has 0 saturated heterocycles. The molecule has 1 unspecified atom stereocenters. The van der Waals surface area contributed by atoms with Gasteiger partial charge in [-0.3, -0.25) is 4.79 Å². The second-order valence-corrected chi connectivity index (χ2v) is 3.92. The van der Waals surface area contributed by atoms with E-state index in [4.69, 9.17) is 9.84 Å². The van der Waals surface area contributed by atoms with Crippen LogP contribution >= 0.6 is 0 Å². The molecule has 0 radical (unpaired) electrons. The minimum Gasteiger partial charge on any atom is -0.481 e. The molecule has 0 rings (SSSR count). The van der Waals surface area contributed by atoms with Crippen LogP contribution in [0.2, 0.25) is 0 Å². The molecule has 0 aliphatic rings. The number of urea groups is 1. The van der Waals surface area contributed by atoms with Crippen LogP contribution in [-0.4, -0.2) is 42.9 Å². The van der Waals surface area contributed by atoms with Gasteiger partial charge < -0.3 is 20.5 Å². The van der Waals surface area contributed by atoms with E-state index in [0.717, 1.165) is 6.42 Å². The second kappa shape index (κ2) is 10.6. The van der Waals surface area contributed by atoms with Crippen LogP contribution in [0.4, 0.5) is 4.79 Å². The topological polar surface area (TPSA) is 87.7 Å². The number of hydrogen-bond donors (Lipinski definition) is 3. The molecule has 0 heterocycles. The molecule has 0 aromatic heterocycles. The lowest BCUT2D eigenvalue weighted by molar-refractivity contribution is -0.137. The quantitative estimate of drug-likeness (QED) is 0.405. The van der Waals surface area contributed by atoms with Crippen molar-refractivity contribution in [2.75, 3.05) is 19.8 Å². The molecule has 6 nitrogen and oxygen atoms in total. The van der Waals surface area contributed by atoms with Gasteiger partial charge in [-0.05, 0) is 19.8 Å². The van der Waals surface area contributed by atoms with Crippen LogP contribution < -0.4 is 10.6 Å². The van der Waals surface area contributed by atoms with Crippen molar-refractivity contribution < 1.29 is 19.4 Å². The zero-order valence-corrected chi connectivity index (χ0v) is 10.8. The van der Waals surface area contributed by atoms with E-state index in [0.29, 0.717) is 26.2 Å². The van der Waals surface area contributed by atoms with Crippen LogP contribution in [0.3, 0.4) is 0 Å². The molecule has 3 N–H and O–H groups in total. The van der Waals surface area contributed by atoms with E-state index in [9.17, 15) is 9.59 Å². The maximum atomic E-state index is 11.3. The molecule has 6 heteroatoms. The van der Waals surface area contributed by atoms with Crippen molar-refractivity contribution in [3.8, 4) is 0 Å². The van der Waals surface area contributed by atoms with Crippen LogP contribution in [-0.2, 0) is 9.53 Å². The van der Waals surface area contributed by atoms with E-state index < -0.39 is 5.97 Å². The summed E-state index contributed by atoms with van der Waals surface area (Å²) in [5.74, 6) is -0.861. The predicted octanol–water partition coefficient (Wildman–Crippen LogP) is 1.13. The number of carbonyl (C=O) groups excluding carboxylic acids is 1. The Labute approximate surface area is 107 Å². The Balaban J connectivity index is 3.46. The Morgan fingerprint density at radius 1 is 1.44 bits per heavy atom. The van der Waals surface area contributed by atoms with Crippen LogP contribution in [0.5, 0.6) is 0 Å². The lowest BCUT2D eigenvalue weighted by Crippen LogP contribution is -2.42. The fourth-order valence-corrected chi connectivity index (χ4v) is 1.19. The van der Waals surface area contributed by atoms with Crippen molar-refractivity contribution in [1.29, 1.82) is 0 Å². The van der Waals surface area contributed by atoms with E-state index in [-0.39, 0.29) is 18.5 Å². The first kappa shape index (κ1) is 16.4. The van der Waals surface area contributed by atoms with Gasteiger partial charge in [-0.15, -0.1) is 6.58 Å². The number of nitrogens with one attached hydrogen (secondary N) is 2. The number of aliphatic carboxylic acids is 1. The highest BCUT2D eigenvalue weighted by atomic mass is 16.5. The normalized spacial score (nSPS) is 11.6. The van der Waals surface area contributed by atoms with Crippen molar-refractivity contribution in [3.05, 3.63) is 12.7 Å². The van der Waals surface area contributed by atoms with Crippen molar-refractivity contribution in [3.63, 3.8) is 0 Å². The maximum Gasteiger partial charge on any atom is 0.315 e. The highest BCUT2D eigenvalue weighted by Crippen LogP contribution is 1.95. The third-order valence-electron chi connectivity index (χ3n) is 2.17. The van der Waals surface area contributed by atoms with Gasteiger partial charge in [0.1, 0.15) is 0 Å². The molecule has 0 spiro atoms. The summed E-state index contributed by atoms with van der Waals surface area (Å²) in [6, 6.07) is -0.469. The van der Waals surface area contributed by atoms with Gasteiger partial charge in [0.15, 0.2) is 0 Å². The predicted molar refractivity (Wildman–Crippen MR) is 68.5 cm³/mol. The third-order valence-corrected chi connectivity index (χ3v) is 2.17. The smallest absolute Gasteiger partial charge is 0.315 e. The van der Waals surface area contributed by atoms with E-state index in [1.807, 2.05) is 0 Å². The number of amides is 2. The molecule has 0 fully saturated rings. The van der Waals surface area contributed by atoms with Gasteiger partial charge in [0.05, 0.1) is 13.2 Å². The molecule has 0 aliphatic carbocycles. The lowest BCUT2D eigenvalue weighted by atomic mass is 10.2. The van der Waals surface area contributed by atoms with E-state index in [1.54, 1.807) is 13.0 Å². The van der Waals surface area contributed by atoms with Crippen molar-refractivity contribution in [1.82, 2.24) is 10.6 Å².